The maximum atomic E-state index is 12.2. The van der Waals surface area contributed by atoms with E-state index in [4.69, 9.17) is 16.3 Å². The lowest BCUT2D eigenvalue weighted by molar-refractivity contribution is 0.00933. The highest BCUT2D eigenvalue weighted by molar-refractivity contribution is 9.10. The average molecular weight is 424 g/mol. The van der Waals surface area contributed by atoms with Gasteiger partial charge in [-0.1, -0.05) is 11.6 Å². The van der Waals surface area contributed by atoms with Crippen molar-refractivity contribution in [1.29, 1.82) is 0 Å². The fourth-order valence-corrected chi connectivity index (χ4v) is 4.41. The molecule has 130 valence electrons. The summed E-state index contributed by atoms with van der Waals surface area (Å²) in [6, 6.07) is 2.64. The molecule has 23 heavy (non-hydrogen) atoms. The van der Waals surface area contributed by atoms with Gasteiger partial charge in [0.05, 0.1) is 0 Å². The summed E-state index contributed by atoms with van der Waals surface area (Å²) >= 11 is 11.1. The van der Waals surface area contributed by atoms with E-state index in [0.717, 1.165) is 34.7 Å². The summed E-state index contributed by atoms with van der Waals surface area (Å²) in [5, 5.41) is 3.57. The number of ether oxygens (including phenoxy) is 1. The monoisotopic (exact) mass is 422 g/mol. The normalized spacial score (nSPS) is 22.3. The van der Waals surface area contributed by atoms with E-state index in [1.807, 2.05) is 25.7 Å². The van der Waals surface area contributed by atoms with Gasteiger partial charge in [0.1, 0.15) is 9.94 Å². The molecule has 1 aliphatic heterocycles. The molecule has 1 fully saturated rings. The SMILES string of the molecule is CC1CC(NCc2cc(Br)c(Cl)s2)CCN1C(=O)OC(C)(C)C. The van der Waals surface area contributed by atoms with Crippen molar-refractivity contribution < 1.29 is 9.53 Å². The van der Waals surface area contributed by atoms with Gasteiger partial charge in [-0.15, -0.1) is 11.3 Å². The second-order valence-corrected chi connectivity index (χ2v) is 9.55. The third kappa shape index (κ3) is 5.62. The molecule has 4 nitrogen and oxygen atoms in total. The summed E-state index contributed by atoms with van der Waals surface area (Å²) in [7, 11) is 0. The van der Waals surface area contributed by atoms with E-state index in [0.29, 0.717) is 6.04 Å². The van der Waals surface area contributed by atoms with E-state index in [2.05, 4.69) is 34.2 Å². The largest absolute Gasteiger partial charge is 0.444 e. The average Bonchev–Trinajstić information content (AvgIpc) is 2.73. The first-order valence-electron chi connectivity index (χ1n) is 7.82. The van der Waals surface area contributed by atoms with Gasteiger partial charge < -0.3 is 15.0 Å². The van der Waals surface area contributed by atoms with Crippen LogP contribution in [0.2, 0.25) is 4.34 Å². The number of carbonyl (C=O) groups excluding carboxylic acids is 1. The Morgan fingerprint density at radius 3 is 2.78 bits per heavy atom. The van der Waals surface area contributed by atoms with Crippen molar-refractivity contribution in [2.75, 3.05) is 6.54 Å². The molecule has 7 heteroatoms. The number of piperidine rings is 1. The number of likely N-dealkylation sites (tertiary alicyclic amines) is 1. The van der Waals surface area contributed by atoms with Crippen LogP contribution < -0.4 is 5.32 Å². The van der Waals surface area contributed by atoms with Crippen LogP contribution in [0.15, 0.2) is 10.5 Å². The molecule has 0 saturated carbocycles. The number of rotatable bonds is 3. The van der Waals surface area contributed by atoms with Crippen molar-refractivity contribution in [3.8, 4) is 0 Å². The third-order valence-electron chi connectivity index (χ3n) is 3.77. The van der Waals surface area contributed by atoms with Gasteiger partial charge in [-0.2, -0.15) is 0 Å². The minimum Gasteiger partial charge on any atom is -0.444 e. The van der Waals surface area contributed by atoms with Gasteiger partial charge in [0, 0.05) is 34.5 Å². The first kappa shape index (κ1) is 19.0. The molecule has 1 saturated heterocycles. The van der Waals surface area contributed by atoms with Crippen LogP contribution in [0, 0.1) is 0 Å². The van der Waals surface area contributed by atoms with E-state index in [9.17, 15) is 4.79 Å². The number of amides is 1. The Morgan fingerprint density at radius 1 is 1.57 bits per heavy atom. The molecule has 0 bridgehead atoms. The lowest BCUT2D eigenvalue weighted by Crippen LogP contribution is -2.50. The van der Waals surface area contributed by atoms with Crippen molar-refractivity contribution in [3.05, 3.63) is 19.8 Å². The lowest BCUT2D eigenvalue weighted by atomic mass is 9.98. The summed E-state index contributed by atoms with van der Waals surface area (Å²) in [6.45, 7) is 9.30. The molecule has 1 N–H and O–H groups in total. The van der Waals surface area contributed by atoms with Crippen LogP contribution in [-0.2, 0) is 11.3 Å². The highest BCUT2D eigenvalue weighted by Crippen LogP contribution is 2.32. The molecule has 1 aromatic heterocycles. The van der Waals surface area contributed by atoms with Gasteiger partial charge in [-0.25, -0.2) is 4.79 Å². The Hall–Kier alpha value is -0.300. The van der Waals surface area contributed by atoms with Crippen molar-refractivity contribution in [1.82, 2.24) is 10.2 Å². The van der Waals surface area contributed by atoms with E-state index >= 15 is 0 Å². The molecule has 2 atom stereocenters. The number of nitrogens with one attached hydrogen (secondary N) is 1. The minimum absolute atomic E-state index is 0.176. The predicted molar refractivity (Wildman–Crippen MR) is 99.3 cm³/mol. The van der Waals surface area contributed by atoms with Crippen LogP contribution in [0.4, 0.5) is 4.79 Å². The predicted octanol–water partition coefficient (Wildman–Crippen LogP) is 5.04. The van der Waals surface area contributed by atoms with Crippen molar-refractivity contribution in [2.24, 2.45) is 0 Å². The molecule has 2 heterocycles. The van der Waals surface area contributed by atoms with Gasteiger partial charge >= 0.3 is 6.09 Å². The summed E-state index contributed by atoms with van der Waals surface area (Å²) in [5.41, 5.74) is -0.447. The van der Waals surface area contributed by atoms with Crippen LogP contribution in [0.1, 0.15) is 45.4 Å². The minimum atomic E-state index is -0.447. The summed E-state index contributed by atoms with van der Waals surface area (Å²) in [4.78, 5) is 15.3. The number of hydrogen-bond donors (Lipinski definition) is 1. The standard InChI is InChI=1S/C16H24BrClN2O2S/c1-10-7-11(19-9-12-8-13(17)14(18)23-12)5-6-20(10)15(21)22-16(2,3)4/h8,10-11,19H,5-7,9H2,1-4H3. The smallest absolute Gasteiger partial charge is 0.410 e. The number of nitrogens with zero attached hydrogens (tertiary/aromatic N) is 1. The van der Waals surface area contributed by atoms with Crippen LogP contribution in [0.25, 0.3) is 0 Å². The Morgan fingerprint density at radius 2 is 2.26 bits per heavy atom. The van der Waals surface area contributed by atoms with Crippen molar-refractivity contribution in [2.45, 2.75) is 64.8 Å². The van der Waals surface area contributed by atoms with E-state index in [1.54, 1.807) is 11.3 Å². The Labute approximate surface area is 155 Å². The van der Waals surface area contributed by atoms with E-state index in [1.165, 1.54) is 4.88 Å². The molecule has 0 radical (unpaired) electrons. The molecular formula is C16H24BrClN2O2S. The van der Waals surface area contributed by atoms with Crippen LogP contribution >= 0.6 is 38.9 Å². The van der Waals surface area contributed by atoms with E-state index < -0.39 is 5.60 Å². The lowest BCUT2D eigenvalue weighted by Gasteiger charge is -2.38. The molecule has 2 rings (SSSR count). The van der Waals surface area contributed by atoms with E-state index in [-0.39, 0.29) is 12.1 Å². The quantitative estimate of drug-likeness (QED) is 0.740. The van der Waals surface area contributed by atoms with Gasteiger partial charge in [0.25, 0.3) is 0 Å². The van der Waals surface area contributed by atoms with Gasteiger partial charge in [-0.05, 0) is 62.5 Å². The number of halogens is 2. The second-order valence-electron chi connectivity index (χ2n) is 6.96. The van der Waals surface area contributed by atoms with Gasteiger partial charge in [0.2, 0.25) is 0 Å². The molecule has 2 unspecified atom stereocenters. The zero-order valence-corrected chi connectivity index (χ0v) is 17.1. The zero-order valence-electron chi connectivity index (χ0n) is 14.0. The van der Waals surface area contributed by atoms with Crippen molar-refractivity contribution >= 4 is 45.0 Å². The topological polar surface area (TPSA) is 41.6 Å². The van der Waals surface area contributed by atoms with Gasteiger partial charge in [0.15, 0.2) is 0 Å². The number of hydrogen-bond acceptors (Lipinski definition) is 4. The molecule has 1 aliphatic rings. The fraction of sp³-hybridized carbons (Fsp3) is 0.688. The highest BCUT2D eigenvalue weighted by Gasteiger charge is 2.31. The second kappa shape index (κ2) is 7.72. The summed E-state index contributed by atoms with van der Waals surface area (Å²) < 4.78 is 7.22. The zero-order chi connectivity index (χ0) is 17.2. The molecule has 0 aliphatic carbocycles. The maximum absolute atomic E-state index is 12.2. The van der Waals surface area contributed by atoms with Crippen LogP contribution in [-0.4, -0.2) is 35.2 Å². The summed E-state index contributed by atoms with van der Waals surface area (Å²) in [5.74, 6) is 0. The number of thiophene rings is 1. The van der Waals surface area contributed by atoms with Crippen LogP contribution in [0.5, 0.6) is 0 Å². The first-order valence-corrected chi connectivity index (χ1v) is 9.81. The molecule has 0 aromatic carbocycles. The Balaban J connectivity index is 1.82. The molecule has 1 amide bonds. The maximum Gasteiger partial charge on any atom is 0.410 e. The van der Waals surface area contributed by atoms with Gasteiger partial charge in [-0.3, -0.25) is 0 Å². The highest BCUT2D eigenvalue weighted by atomic mass is 79.9. The first-order chi connectivity index (χ1) is 10.7. The summed E-state index contributed by atoms with van der Waals surface area (Å²) in [6.07, 6.45) is 1.65. The third-order valence-corrected chi connectivity index (χ3v) is 6.24. The molecule has 1 aromatic rings. The number of carbonyl (C=O) groups is 1. The van der Waals surface area contributed by atoms with Crippen LogP contribution in [0.3, 0.4) is 0 Å². The van der Waals surface area contributed by atoms with Crippen molar-refractivity contribution in [3.63, 3.8) is 0 Å². The Bertz CT molecular complexity index is 539. The Kier molecular flexibility index (Phi) is 6.39. The molecular weight excluding hydrogens is 400 g/mol. The molecule has 0 spiro atoms. The fourth-order valence-electron chi connectivity index (χ4n) is 2.67.